The Balaban J connectivity index is 1.95. The monoisotopic (exact) mass is 302 g/mol. The van der Waals surface area contributed by atoms with Crippen molar-refractivity contribution < 1.29 is 10.2 Å². The van der Waals surface area contributed by atoms with Gasteiger partial charge in [0.2, 0.25) is 0 Å². The minimum absolute atomic E-state index is 0.0868. The maximum absolute atomic E-state index is 11.4. The normalized spacial score (nSPS) is 30.0. The van der Waals surface area contributed by atoms with Crippen LogP contribution < -0.4 is 0 Å². The highest BCUT2D eigenvalue weighted by Crippen LogP contribution is 2.48. The molecule has 2 fully saturated rings. The van der Waals surface area contributed by atoms with Crippen LogP contribution in [0.2, 0.25) is 0 Å². The van der Waals surface area contributed by atoms with Crippen molar-refractivity contribution in [2.45, 2.75) is 82.3 Å². The topological polar surface area (TPSA) is 40.5 Å². The van der Waals surface area contributed by atoms with Crippen molar-refractivity contribution in [2.75, 3.05) is 0 Å². The van der Waals surface area contributed by atoms with Gasteiger partial charge < -0.3 is 10.2 Å². The minimum atomic E-state index is -0.628. The van der Waals surface area contributed by atoms with Crippen molar-refractivity contribution in [3.05, 3.63) is 35.4 Å². The lowest BCUT2D eigenvalue weighted by molar-refractivity contribution is -0.0686. The van der Waals surface area contributed by atoms with E-state index in [9.17, 15) is 10.2 Å². The molecule has 2 heteroatoms. The number of benzene rings is 1. The number of aliphatic hydroxyl groups excluding tert-OH is 1. The molecule has 0 heterocycles. The van der Waals surface area contributed by atoms with Gasteiger partial charge in [0.25, 0.3) is 0 Å². The quantitative estimate of drug-likeness (QED) is 0.872. The Hall–Kier alpha value is -0.860. The fourth-order valence-electron chi connectivity index (χ4n) is 4.73. The SMILES string of the molecule is Cc1ccc(C(C2CCCCC2O)C2(O)CCCCC2)cc1. The molecule has 2 N–H and O–H groups in total. The molecule has 0 saturated heterocycles. The zero-order valence-corrected chi connectivity index (χ0v) is 13.8. The second-order valence-corrected chi connectivity index (χ2v) is 7.57. The Morgan fingerprint density at radius 2 is 1.59 bits per heavy atom. The van der Waals surface area contributed by atoms with E-state index < -0.39 is 5.60 Å². The average Bonchev–Trinajstić information content (AvgIpc) is 2.52. The summed E-state index contributed by atoms with van der Waals surface area (Å²) in [5, 5.41) is 22.0. The lowest BCUT2D eigenvalue weighted by Crippen LogP contribution is -2.45. The van der Waals surface area contributed by atoms with Gasteiger partial charge in [-0.25, -0.2) is 0 Å². The van der Waals surface area contributed by atoms with Crippen LogP contribution in [0.15, 0.2) is 24.3 Å². The molecule has 2 saturated carbocycles. The van der Waals surface area contributed by atoms with Crippen LogP contribution in [0.3, 0.4) is 0 Å². The van der Waals surface area contributed by atoms with Crippen LogP contribution in [0.1, 0.15) is 74.8 Å². The number of aliphatic hydroxyl groups is 2. The van der Waals surface area contributed by atoms with Crippen molar-refractivity contribution in [3.8, 4) is 0 Å². The van der Waals surface area contributed by atoms with Gasteiger partial charge in [-0.15, -0.1) is 0 Å². The third-order valence-electron chi connectivity index (χ3n) is 5.94. The van der Waals surface area contributed by atoms with Crippen molar-refractivity contribution in [1.29, 1.82) is 0 Å². The predicted molar refractivity (Wildman–Crippen MR) is 89.9 cm³/mol. The highest BCUT2D eigenvalue weighted by atomic mass is 16.3. The number of hydrogen-bond acceptors (Lipinski definition) is 2. The molecule has 122 valence electrons. The summed E-state index contributed by atoms with van der Waals surface area (Å²) < 4.78 is 0. The van der Waals surface area contributed by atoms with Crippen molar-refractivity contribution in [3.63, 3.8) is 0 Å². The Labute approximate surface area is 134 Å². The second kappa shape index (κ2) is 6.72. The van der Waals surface area contributed by atoms with E-state index in [1.54, 1.807) is 0 Å². The molecular formula is C20H30O2. The predicted octanol–water partition coefficient (Wildman–Crippen LogP) is 4.32. The van der Waals surface area contributed by atoms with Gasteiger partial charge in [0.15, 0.2) is 0 Å². The van der Waals surface area contributed by atoms with Gasteiger partial charge in [0, 0.05) is 5.92 Å². The van der Waals surface area contributed by atoms with Crippen LogP contribution in [-0.4, -0.2) is 21.9 Å². The third kappa shape index (κ3) is 3.23. The molecule has 2 aliphatic rings. The van der Waals surface area contributed by atoms with Crippen LogP contribution in [0, 0.1) is 12.8 Å². The van der Waals surface area contributed by atoms with Gasteiger partial charge in [-0.3, -0.25) is 0 Å². The zero-order chi connectivity index (χ0) is 15.6. The fourth-order valence-corrected chi connectivity index (χ4v) is 4.73. The van der Waals surface area contributed by atoms with E-state index in [2.05, 4.69) is 31.2 Å². The molecule has 22 heavy (non-hydrogen) atoms. The zero-order valence-electron chi connectivity index (χ0n) is 13.8. The largest absolute Gasteiger partial charge is 0.393 e. The minimum Gasteiger partial charge on any atom is -0.393 e. The Morgan fingerprint density at radius 3 is 2.23 bits per heavy atom. The lowest BCUT2D eigenvalue weighted by Gasteiger charge is -2.46. The van der Waals surface area contributed by atoms with Gasteiger partial charge in [-0.1, -0.05) is 61.9 Å². The summed E-state index contributed by atoms with van der Waals surface area (Å²) in [6, 6.07) is 8.63. The summed E-state index contributed by atoms with van der Waals surface area (Å²) in [4.78, 5) is 0. The maximum Gasteiger partial charge on any atom is 0.0719 e. The molecule has 1 aromatic carbocycles. The Kier molecular flexibility index (Phi) is 4.89. The molecule has 0 radical (unpaired) electrons. The standard InChI is InChI=1S/C20H30O2/c1-15-9-11-16(12-10-15)19(17-7-3-4-8-18(17)21)20(22)13-5-2-6-14-20/h9-12,17-19,21-22H,2-8,13-14H2,1H3. The van der Waals surface area contributed by atoms with Gasteiger partial charge in [-0.05, 0) is 44.1 Å². The first-order valence-electron chi connectivity index (χ1n) is 9.07. The van der Waals surface area contributed by atoms with Gasteiger partial charge >= 0.3 is 0 Å². The molecule has 3 rings (SSSR count). The van der Waals surface area contributed by atoms with Crippen LogP contribution in [0.25, 0.3) is 0 Å². The van der Waals surface area contributed by atoms with Crippen molar-refractivity contribution >= 4 is 0 Å². The first-order valence-corrected chi connectivity index (χ1v) is 9.07. The third-order valence-corrected chi connectivity index (χ3v) is 5.94. The summed E-state index contributed by atoms with van der Waals surface area (Å²) in [7, 11) is 0. The molecule has 0 bridgehead atoms. The molecule has 0 amide bonds. The van der Waals surface area contributed by atoms with E-state index in [1.165, 1.54) is 24.0 Å². The summed E-state index contributed by atoms with van der Waals surface area (Å²) in [6.45, 7) is 2.10. The molecule has 0 spiro atoms. The van der Waals surface area contributed by atoms with Crippen molar-refractivity contribution in [2.24, 2.45) is 5.92 Å². The lowest BCUT2D eigenvalue weighted by atomic mass is 9.63. The Morgan fingerprint density at radius 1 is 0.955 bits per heavy atom. The molecule has 3 atom stereocenters. The van der Waals surface area contributed by atoms with E-state index in [0.717, 1.165) is 44.9 Å². The van der Waals surface area contributed by atoms with E-state index in [-0.39, 0.29) is 17.9 Å². The Bertz CT molecular complexity index is 473. The molecule has 1 aromatic rings. The van der Waals surface area contributed by atoms with E-state index in [1.807, 2.05) is 0 Å². The summed E-state index contributed by atoms with van der Waals surface area (Å²) in [6.07, 6.45) is 9.21. The van der Waals surface area contributed by atoms with E-state index >= 15 is 0 Å². The van der Waals surface area contributed by atoms with E-state index in [4.69, 9.17) is 0 Å². The molecular weight excluding hydrogens is 272 g/mol. The maximum atomic E-state index is 11.4. The molecule has 0 aromatic heterocycles. The average molecular weight is 302 g/mol. The number of rotatable bonds is 3. The smallest absolute Gasteiger partial charge is 0.0719 e. The molecule has 2 aliphatic carbocycles. The number of aryl methyl sites for hydroxylation is 1. The first-order chi connectivity index (χ1) is 10.6. The summed E-state index contributed by atoms with van der Waals surface area (Å²) in [5.41, 5.74) is 1.85. The summed E-state index contributed by atoms with van der Waals surface area (Å²) >= 11 is 0. The number of hydrogen-bond donors (Lipinski definition) is 2. The van der Waals surface area contributed by atoms with Gasteiger partial charge in [0.05, 0.1) is 11.7 Å². The highest BCUT2D eigenvalue weighted by molar-refractivity contribution is 5.28. The van der Waals surface area contributed by atoms with Crippen LogP contribution in [0.4, 0.5) is 0 Å². The molecule has 2 nitrogen and oxygen atoms in total. The van der Waals surface area contributed by atoms with Crippen LogP contribution in [-0.2, 0) is 0 Å². The highest BCUT2D eigenvalue weighted by Gasteiger charge is 2.45. The molecule has 0 aliphatic heterocycles. The summed E-state index contributed by atoms with van der Waals surface area (Å²) in [5.74, 6) is 0.295. The van der Waals surface area contributed by atoms with Crippen LogP contribution >= 0.6 is 0 Å². The first kappa shape index (κ1) is 16.0. The van der Waals surface area contributed by atoms with E-state index in [0.29, 0.717) is 0 Å². The van der Waals surface area contributed by atoms with Gasteiger partial charge in [0.1, 0.15) is 0 Å². The van der Waals surface area contributed by atoms with Crippen LogP contribution in [0.5, 0.6) is 0 Å². The van der Waals surface area contributed by atoms with Crippen molar-refractivity contribution in [1.82, 2.24) is 0 Å². The molecule has 3 unspecified atom stereocenters. The fraction of sp³-hybridized carbons (Fsp3) is 0.700. The second-order valence-electron chi connectivity index (χ2n) is 7.57. The van der Waals surface area contributed by atoms with Gasteiger partial charge in [-0.2, -0.15) is 0 Å².